The predicted octanol–water partition coefficient (Wildman–Crippen LogP) is 5.03. The number of hydrogen-bond donors (Lipinski definition) is 0. The van der Waals surface area contributed by atoms with E-state index >= 15 is 0 Å². The number of benzene rings is 1. The van der Waals surface area contributed by atoms with Gasteiger partial charge in [-0.25, -0.2) is 4.79 Å². The zero-order valence-corrected chi connectivity index (χ0v) is 18.7. The second kappa shape index (κ2) is 9.40. The molecule has 2 aliphatic rings. The average Bonchev–Trinajstić information content (AvgIpc) is 2.93. The van der Waals surface area contributed by atoms with Crippen LogP contribution in [0.3, 0.4) is 0 Å². The molecule has 2 atom stereocenters. The van der Waals surface area contributed by atoms with Crippen LogP contribution in [-0.2, 0) is 20.7 Å². The number of ether oxygens (including phenoxy) is 1. The lowest BCUT2D eigenvalue weighted by Crippen LogP contribution is -2.43. The van der Waals surface area contributed by atoms with E-state index < -0.39 is 0 Å². The highest BCUT2D eigenvalue weighted by molar-refractivity contribution is 6.51. The molecule has 0 spiro atoms. The largest absolute Gasteiger partial charge is 0.486 e. The molecule has 5 nitrogen and oxygen atoms in total. The van der Waals surface area contributed by atoms with Crippen molar-refractivity contribution in [3.63, 3.8) is 0 Å². The molecule has 0 radical (unpaired) electrons. The van der Waals surface area contributed by atoms with Crippen molar-refractivity contribution in [1.82, 2.24) is 4.90 Å². The first-order valence-corrected chi connectivity index (χ1v) is 10.8. The third-order valence-electron chi connectivity index (χ3n) is 6.58. The second-order valence-corrected chi connectivity index (χ2v) is 9.22. The van der Waals surface area contributed by atoms with Gasteiger partial charge in [-0.3, -0.25) is 0 Å². The van der Waals surface area contributed by atoms with Crippen LogP contribution in [0.4, 0.5) is 4.79 Å². The molecule has 0 bridgehead atoms. The van der Waals surface area contributed by atoms with Crippen molar-refractivity contribution in [1.29, 1.82) is 0 Å². The van der Waals surface area contributed by atoms with E-state index in [0.29, 0.717) is 25.6 Å². The van der Waals surface area contributed by atoms with Crippen LogP contribution in [0.25, 0.3) is 0 Å². The van der Waals surface area contributed by atoms with Gasteiger partial charge in [-0.15, -0.1) is 6.58 Å². The number of allylic oxidation sites excluding steroid dienone is 1. The van der Waals surface area contributed by atoms with Gasteiger partial charge < -0.3 is 18.9 Å². The second-order valence-electron chi connectivity index (χ2n) is 9.22. The average molecular weight is 411 g/mol. The molecule has 2 aliphatic heterocycles. The van der Waals surface area contributed by atoms with Crippen LogP contribution in [-0.4, -0.2) is 42.4 Å². The fourth-order valence-corrected chi connectivity index (χ4v) is 3.90. The van der Waals surface area contributed by atoms with Gasteiger partial charge in [0.15, 0.2) is 0 Å². The normalized spacial score (nSPS) is 25.5. The summed E-state index contributed by atoms with van der Waals surface area (Å²) >= 11 is 0. The van der Waals surface area contributed by atoms with Gasteiger partial charge in [-0.1, -0.05) is 48.5 Å². The first-order chi connectivity index (χ1) is 14.2. The summed E-state index contributed by atoms with van der Waals surface area (Å²) in [5, 5.41) is 0. The molecule has 3 rings (SSSR count). The highest BCUT2D eigenvalue weighted by Gasteiger charge is 2.50. The number of piperidine rings is 1. The lowest BCUT2D eigenvalue weighted by molar-refractivity contribution is 0.00578. The van der Waals surface area contributed by atoms with E-state index in [4.69, 9.17) is 14.0 Å². The number of amides is 1. The van der Waals surface area contributed by atoms with Crippen LogP contribution in [0.2, 0.25) is 0 Å². The Morgan fingerprint density at radius 2 is 1.90 bits per heavy atom. The zero-order valence-electron chi connectivity index (χ0n) is 18.7. The summed E-state index contributed by atoms with van der Waals surface area (Å²) in [5.74, 6) is 2.70. The smallest absolute Gasteiger partial charge is 0.445 e. The molecular weight excluding hydrogens is 377 g/mol. The first-order valence-electron chi connectivity index (χ1n) is 10.8. The first kappa shape index (κ1) is 22.6. The molecule has 30 heavy (non-hydrogen) atoms. The number of nitrogens with zero attached hydrogens (tertiary/aromatic N) is 1. The Hall–Kier alpha value is -2.05. The Labute approximate surface area is 181 Å². The number of hydrogen-bond acceptors (Lipinski definition) is 4. The van der Waals surface area contributed by atoms with E-state index in [0.717, 1.165) is 18.4 Å². The van der Waals surface area contributed by atoms with Crippen molar-refractivity contribution in [3.05, 3.63) is 60.6 Å². The van der Waals surface area contributed by atoms with Crippen molar-refractivity contribution in [2.45, 2.75) is 58.3 Å². The van der Waals surface area contributed by atoms with Crippen molar-refractivity contribution in [2.24, 2.45) is 11.8 Å². The van der Waals surface area contributed by atoms with Gasteiger partial charge in [0.2, 0.25) is 0 Å². The number of carbonyl (C=O) groups is 1. The van der Waals surface area contributed by atoms with E-state index in [1.165, 1.54) is 0 Å². The van der Waals surface area contributed by atoms with Crippen molar-refractivity contribution in [2.75, 3.05) is 13.1 Å². The molecule has 0 N–H and O–H groups in total. The van der Waals surface area contributed by atoms with Crippen molar-refractivity contribution >= 4 is 13.2 Å². The summed E-state index contributed by atoms with van der Waals surface area (Å²) in [6, 6.07) is 9.75. The Morgan fingerprint density at radius 1 is 1.23 bits per heavy atom. The Kier molecular flexibility index (Phi) is 7.09. The van der Waals surface area contributed by atoms with Crippen molar-refractivity contribution < 1.29 is 18.8 Å². The van der Waals surface area contributed by atoms with E-state index in [9.17, 15) is 4.79 Å². The summed E-state index contributed by atoms with van der Waals surface area (Å²) in [5.41, 5.74) is 0.350. The maximum Gasteiger partial charge on any atom is 0.486 e. The molecule has 0 aromatic heterocycles. The monoisotopic (exact) mass is 411 g/mol. The lowest BCUT2D eigenvalue weighted by Gasteiger charge is -2.36. The molecule has 1 amide bonds. The Bertz CT molecular complexity index is 746. The van der Waals surface area contributed by atoms with E-state index in [1.54, 1.807) is 4.90 Å². The predicted molar refractivity (Wildman–Crippen MR) is 120 cm³/mol. The quantitative estimate of drug-likeness (QED) is 0.487. The van der Waals surface area contributed by atoms with Gasteiger partial charge in [0.05, 0.1) is 11.2 Å². The number of rotatable bonds is 6. The van der Waals surface area contributed by atoms with E-state index in [2.05, 4.69) is 40.3 Å². The topological polar surface area (TPSA) is 48.0 Å². The molecule has 2 heterocycles. The summed E-state index contributed by atoms with van der Waals surface area (Å²) in [7, 11) is -0.315. The van der Waals surface area contributed by atoms with Crippen molar-refractivity contribution in [3.8, 4) is 0 Å². The fraction of sp³-hybridized carbons (Fsp3) is 0.542. The van der Waals surface area contributed by atoms with E-state index in [1.807, 2.05) is 42.4 Å². The third-order valence-corrected chi connectivity index (χ3v) is 6.58. The van der Waals surface area contributed by atoms with Gasteiger partial charge in [0.1, 0.15) is 6.61 Å². The van der Waals surface area contributed by atoms with E-state index in [-0.39, 0.29) is 30.3 Å². The summed E-state index contributed by atoms with van der Waals surface area (Å²) in [6.45, 7) is 13.9. The van der Waals surface area contributed by atoms with Gasteiger partial charge in [0.25, 0.3) is 0 Å². The summed E-state index contributed by atoms with van der Waals surface area (Å²) in [6.07, 6.45) is 5.69. The van der Waals surface area contributed by atoms with Crippen LogP contribution in [0, 0.1) is 11.8 Å². The van der Waals surface area contributed by atoms with Crippen LogP contribution >= 0.6 is 0 Å². The van der Waals surface area contributed by atoms with Gasteiger partial charge >= 0.3 is 13.2 Å². The van der Waals surface area contributed by atoms with Crippen LogP contribution in [0.5, 0.6) is 0 Å². The molecule has 0 unspecified atom stereocenters. The molecule has 6 heteroatoms. The number of carbonyl (C=O) groups excluding carboxylic acids is 1. The third kappa shape index (κ3) is 5.35. The lowest BCUT2D eigenvalue weighted by atomic mass is 9.81. The minimum Gasteiger partial charge on any atom is -0.445 e. The Morgan fingerprint density at radius 3 is 2.53 bits per heavy atom. The summed E-state index contributed by atoms with van der Waals surface area (Å²) in [4.78, 5) is 14.3. The van der Waals surface area contributed by atoms with Gasteiger partial charge in [0, 0.05) is 13.1 Å². The SMILES string of the molecule is C=C[C@H]1CN(C(=O)OCc2ccccc2)CC[C@H]1C/C=C/B1OC(C)(C)C(C)(C)O1. The maximum absolute atomic E-state index is 12.5. The Balaban J connectivity index is 1.47. The van der Waals surface area contributed by atoms with Crippen LogP contribution < -0.4 is 0 Å². The zero-order chi connectivity index (χ0) is 21.8. The fourth-order valence-electron chi connectivity index (χ4n) is 3.90. The maximum atomic E-state index is 12.5. The van der Waals surface area contributed by atoms with Gasteiger partial charge in [-0.2, -0.15) is 0 Å². The molecule has 2 fully saturated rings. The highest BCUT2D eigenvalue weighted by Crippen LogP contribution is 2.37. The minimum atomic E-state index is -0.322. The molecule has 1 aromatic carbocycles. The standard InChI is InChI=1S/C24H34BNO4/c1-6-20-17-26(22(27)28-18-19-11-8-7-9-12-19)16-14-21(20)13-10-15-25-29-23(2,3)24(4,5)30-25/h6-12,15,20-21H,1,13-14,16-18H2,2-5H3/b15-10+/t20-,21+/m0/s1. The van der Waals surface area contributed by atoms with Crippen LogP contribution in [0.1, 0.15) is 46.1 Å². The van der Waals surface area contributed by atoms with Crippen LogP contribution in [0.15, 0.2) is 55.0 Å². The molecule has 0 aliphatic carbocycles. The molecule has 0 saturated carbocycles. The molecule has 2 saturated heterocycles. The molecular formula is C24H34BNO4. The molecule has 1 aromatic rings. The minimum absolute atomic E-state index is 0.242. The highest BCUT2D eigenvalue weighted by atomic mass is 16.7. The molecule has 162 valence electrons. The number of likely N-dealkylation sites (tertiary alicyclic amines) is 1. The summed E-state index contributed by atoms with van der Waals surface area (Å²) < 4.78 is 17.5. The van der Waals surface area contributed by atoms with Gasteiger partial charge in [-0.05, 0) is 57.9 Å².